The molecule has 9 heteroatoms. The molecule has 0 saturated carbocycles. The fourth-order valence-corrected chi connectivity index (χ4v) is 3.22. The van der Waals surface area contributed by atoms with Crippen LogP contribution in [0.2, 0.25) is 0 Å². The molecule has 1 unspecified atom stereocenters. The third-order valence-electron chi connectivity index (χ3n) is 4.60. The molecule has 144 valence electrons. The van der Waals surface area contributed by atoms with Crippen LogP contribution in [0.4, 0.5) is 23.1 Å². The predicted molar refractivity (Wildman–Crippen MR) is 110 cm³/mol. The maximum absolute atomic E-state index is 7.75. The first kappa shape index (κ1) is 18.7. The number of benzene rings is 1. The summed E-state index contributed by atoms with van der Waals surface area (Å²) in [4.78, 5) is 11.4. The van der Waals surface area contributed by atoms with E-state index in [1.165, 1.54) is 0 Å². The van der Waals surface area contributed by atoms with Crippen molar-refractivity contribution in [3.63, 3.8) is 0 Å². The van der Waals surface area contributed by atoms with E-state index in [1.54, 1.807) is 20.2 Å². The average Bonchev–Trinajstić information content (AvgIpc) is 2.66. The van der Waals surface area contributed by atoms with Crippen molar-refractivity contribution < 1.29 is 4.74 Å². The number of amidine groups is 1. The highest BCUT2D eigenvalue weighted by atomic mass is 16.5. The number of aromatic nitrogens is 2. The molecule has 27 heavy (non-hydrogen) atoms. The Kier molecular flexibility index (Phi) is 5.31. The zero-order valence-electron chi connectivity index (χ0n) is 15.8. The molecule has 7 N–H and O–H groups in total. The average molecular weight is 370 g/mol. The summed E-state index contributed by atoms with van der Waals surface area (Å²) in [5.41, 5.74) is 15.0. The Morgan fingerprint density at radius 2 is 2.04 bits per heavy atom. The molecule has 0 spiro atoms. The number of morpholine rings is 1. The number of ether oxygens (including phenoxy) is 1. The molecule has 1 aliphatic rings. The minimum atomic E-state index is -0.0789. The van der Waals surface area contributed by atoms with E-state index in [2.05, 4.69) is 32.4 Å². The molecule has 1 aromatic heterocycles. The van der Waals surface area contributed by atoms with Crippen LogP contribution in [0.3, 0.4) is 0 Å². The van der Waals surface area contributed by atoms with Gasteiger partial charge in [0, 0.05) is 43.6 Å². The summed E-state index contributed by atoms with van der Waals surface area (Å²) in [5, 5.41) is 13.8. The Hall–Kier alpha value is -3.07. The molecule has 1 atom stereocenters. The first-order valence-corrected chi connectivity index (χ1v) is 8.81. The zero-order valence-corrected chi connectivity index (χ0v) is 15.8. The summed E-state index contributed by atoms with van der Waals surface area (Å²) in [6.45, 7) is 4.22. The number of anilines is 4. The first-order chi connectivity index (χ1) is 12.9. The molecule has 0 radical (unpaired) electrons. The van der Waals surface area contributed by atoms with Crippen LogP contribution in [-0.2, 0) is 4.74 Å². The molecule has 0 bridgehead atoms. The Balaban J connectivity index is 2.10. The second-order valence-electron chi connectivity index (χ2n) is 6.45. The van der Waals surface area contributed by atoms with Gasteiger partial charge in [0.05, 0.1) is 30.5 Å². The molecule has 2 heterocycles. The van der Waals surface area contributed by atoms with Gasteiger partial charge in [-0.05, 0) is 19.1 Å². The van der Waals surface area contributed by atoms with Crippen molar-refractivity contribution in [1.29, 1.82) is 5.41 Å². The van der Waals surface area contributed by atoms with Crippen molar-refractivity contribution in [2.45, 2.75) is 13.0 Å². The van der Waals surface area contributed by atoms with Crippen LogP contribution in [0.25, 0.3) is 11.3 Å². The van der Waals surface area contributed by atoms with Crippen LogP contribution in [0.15, 0.2) is 18.2 Å². The lowest BCUT2D eigenvalue weighted by Gasteiger charge is -2.34. The number of nitrogen functional groups attached to an aromatic ring is 2. The maximum Gasteiger partial charge on any atom is 0.224 e. The van der Waals surface area contributed by atoms with Crippen molar-refractivity contribution in [3.8, 4) is 11.3 Å². The molecular weight excluding hydrogens is 344 g/mol. The van der Waals surface area contributed by atoms with Crippen molar-refractivity contribution in [2.24, 2.45) is 5.73 Å². The third-order valence-corrected chi connectivity index (χ3v) is 4.60. The van der Waals surface area contributed by atoms with Crippen LogP contribution in [0.1, 0.15) is 12.5 Å². The highest BCUT2D eigenvalue weighted by molar-refractivity contribution is 6.06. The fraction of sp³-hybridized carbons (Fsp3) is 0.389. The predicted octanol–water partition coefficient (Wildman–Crippen LogP) is 1.32. The molecule has 3 rings (SSSR count). The van der Waals surface area contributed by atoms with Crippen LogP contribution >= 0.6 is 0 Å². The molecule has 0 aliphatic carbocycles. The van der Waals surface area contributed by atoms with E-state index >= 15 is 0 Å². The third kappa shape index (κ3) is 3.72. The minimum Gasteiger partial charge on any atom is -0.398 e. The minimum absolute atomic E-state index is 0.0789. The van der Waals surface area contributed by atoms with Crippen molar-refractivity contribution >= 4 is 29.0 Å². The lowest BCUT2D eigenvalue weighted by Crippen LogP contribution is -2.44. The Bertz CT molecular complexity index is 853. The van der Waals surface area contributed by atoms with Gasteiger partial charge in [0.15, 0.2) is 0 Å². The summed E-state index contributed by atoms with van der Waals surface area (Å²) in [6.07, 6.45) is 0. The molecule has 0 amide bonds. The highest BCUT2D eigenvalue weighted by Gasteiger charge is 2.22. The van der Waals surface area contributed by atoms with Crippen molar-refractivity contribution in [1.82, 2.24) is 9.97 Å². The first-order valence-electron chi connectivity index (χ1n) is 8.81. The standard InChI is InChI=1S/C18H26N8O/c1-10-9-27-5-4-26(10)15-8-13(24-18(23-3)25-15)11-6-12(19)16(17(20)21)14(7-11)22-2/h6-8,10,22H,4-5,9,19H2,1-3H3,(H3,20,21)(H,23,24,25). The van der Waals surface area contributed by atoms with Gasteiger partial charge >= 0.3 is 0 Å². The summed E-state index contributed by atoms with van der Waals surface area (Å²) in [6, 6.07) is 5.85. The van der Waals surface area contributed by atoms with Gasteiger partial charge in [-0.25, -0.2) is 4.98 Å². The topological polar surface area (TPSA) is 138 Å². The van der Waals surface area contributed by atoms with Gasteiger partial charge in [0.2, 0.25) is 5.95 Å². The number of nitrogens with two attached hydrogens (primary N) is 2. The Labute approximate surface area is 158 Å². The highest BCUT2D eigenvalue weighted by Crippen LogP contribution is 2.32. The number of rotatable bonds is 5. The summed E-state index contributed by atoms with van der Waals surface area (Å²) < 4.78 is 5.53. The van der Waals surface area contributed by atoms with E-state index in [0.29, 0.717) is 36.1 Å². The Morgan fingerprint density at radius 1 is 1.26 bits per heavy atom. The smallest absolute Gasteiger partial charge is 0.224 e. The van der Waals surface area contributed by atoms with Crippen LogP contribution < -0.4 is 27.0 Å². The van der Waals surface area contributed by atoms with Crippen LogP contribution in [0, 0.1) is 5.41 Å². The number of hydrogen-bond donors (Lipinski definition) is 5. The van der Waals surface area contributed by atoms with Gasteiger partial charge in [0.1, 0.15) is 11.7 Å². The van der Waals surface area contributed by atoms with E-state index in [9.17, 15) is 0 Å². The normalized spacial score (nSPS) is 16.9. The molecule has 9 nitrogen and oxygen atoms in total. The van der Waals surface area contributed by atoms with Crippen molar-refractivity contribution in [2.75, 3.05) is 55.1 Å². The van der Waals surface area contributed by atoms with E-state index < -0.39 is 0 Å². The van der Waals surface area contributed by atoms with Gasteiger partial charge in [-0.15, -0.1) is 0 Å². The SMILES string of the molecule is CNc1nc(-c2cc(N)c(C(=N)N)c(NC)c2)cc(N2CCOCC2C)n1. The number of nitrogens with one attached hydrogen (secondary N) is 3. The molecule has 1 aromatic carbocycles. The molecule has 1 fully saturated rings. The number of hydrogen-bond acceptors (Lipinski definition) is 8. The van der Waals surface area contributed by atoms with Gasteiger partial charge in [-0.3, -0.25) is 5.41 Å². The molecule has 1 saturated heterocycles. The number of nitrogens with zero attached hydrogens (tertiary/aromatic N) is 3. The van der Waals surface area contributed by atoms with Gasteiger partial charge < -0.3 is 31.7 Å². The van der Waals surface area contributed by atoms with E-state index in [-0.39, 0.29) is 11.9 Å². The summed E-state index contributed by atoms with van der Waals surface area (Å²) in [7, 11) is 3.56. The second-order valence-corrected chi connectivity index (χ2v) is 6.45. The maximum atomic E-state index is 7.75. The molecule has 1 aliphatic heterocycles. The lowest BCUT2D eigenvalue weighted by atomic mass is 10.0. The molecular formula is C18H26N8O. The van der Waals surface area contributed by atoms with Crippen molar-refractivity contribution in [3.05, 3.63) is 23.8 Å². The quantitative estimate of drug-likeness (QED) is 0.302. The summed E-state index contributed by atoms with van der Waals surface area (Å²) in [5.74, 6) is 1.28. The zero-order chi connectivity index (χ0) is 19.6. The molecule has 2 aromatic rings. The van der Waals surface area contributed by atoms with Crippen LogP contribution in [-0.4, -0.2) is 55.7 Å². The lowest BCUT2D eigenvalue weighted by molar-refractivity contribution is 0.0985. The second kappa shape index (κ2) is 7.67. The van der Waals surface area contributed by atoms with E-state index in [1.807, 2.05) is 12.1 Å². The van der Waals surface area contributed by atoms with Gasteiger partial charge in [0.25, 0.3) is 0 Å². The van der Waals surface area contributed by atoms with E-state index in [0.717, 1.165) is 23.6 Å². The fourth-order valence-electron chi connectivity index (χ4n) is 3.22. The van der Waals surface area contributed by atoms with Crippen LogP contribution in [0.5, 0.6) is 0 Å². The van der Waals surface area contributed by atoms with Gasteiger partial charge in [-0.1, -0.05) is 0 Å². The summed E-state index contributed by atoms with van der Waals surface area (Å²) >= 11 is 0. The largest absolute Gasteiger partial charge is 0.398 e. The van der Waals surface area contributed by atoms with Gasteiger partial charge in [-0.2, -0.15) is 4.98 Å². The Morgan fingerprint density at radius 3 is 2.67 bits per heavy atom. The van der Waals surface area contributed by atoms with E-state index in [4.69, 9.17) is 21.6 Å². The monoisotopic (exact) mass is 370 g/mol.